The number of benzene rings is 1. The summed E-state index contributed by atoms with van der Waals surface area (Å²) in [7, 11) is 0. The molecule has 0 N–H and O–H groups in total. The van der Waals surface area contributed by atoms with Gasteiger partial charge in [-0.2, -0.15) is 4.98 Å². The Morgan fingerprint density at radius 3 is 2.67 bits per heavy atom. The smallest absolute Gasteiger partial charge is 0.362 e. The second-order valence-corrected chi connectivity index (χ2v) is 6.38. The number of hydrogen-bond donors (Lipinski definition) is 0. The van der Waals surface area contributed by atoms with Gasteiger partial charge in [0.2, 0.25) is 17.5 Å². The van der Waals surface area contributed by atoms with Crippen LogP contribution in [0.1, 0.15) is 36.7 Å². The van der Waals surface area contributed by atoms with Gasteiger partial charge in [0.25, 0.3) is 0 Å². The number of halogens is 2. The van der Waals surface area contributed by atoms with Crippen LogP contribution in [0.4, 0.5) is 5.88 Å². The number of carbonyl (C=O) groups excluding carboxylic acids is 1. The molecule has 0 spiro atoms. The van der Waals surface area contributed by atoms with E-state index in [1.807, 2.05) is 4.90 Å². The fraction of sp³-hybridized carbons (Fsp3) is 0.412. The Bertz CT molecular complexity index is 739. The molecule has 2 aromatic rings. The minimum atomic E-state index is -0.479. The summed E-state index contributed by atoms with van der Waals surface area (Å²) < 4.78 is 11.0. The molecule has 0 atom stereocenters. The van der Waals surface area contributed by atoms with Gasteiger partial charge in [0.1, 0.15) is 0 Å². The van der Waals surface area contributed by atoms with Crippen LogP contribution in [-0.2, 0) is 4.74 Å². The van der Waals surface area contributed by atoms with Crippen LogP contribution in [0.25, 0.3) is 11.5 Å². The number of oxazole rings is 1. The highest BCUT2D eigenvalue weighted by Crippen LogP contribution is 2.33. The highest BCUT2D eigenvalue weighted by Gasteiger charge is 2.27. The number of hydrogen-bond acceptors (Lipinski definition) is 5. The van der Waals surface area contributed by atoms with Crippen LogP contribution in [0.3, 0.4) is 0 Å². The molecule has 0 radical (unpaired) electrons. The van der Waals surface area contributed by atoms with Gasteiger partial charge in [-0.25, -0.2) is 4.79 Å². The Balaban J connectivity index is 2.01. The molecule has 1 saturated heterocycles. The quantitative estimate of drug-likeness (QED) is 0.724. The fourth-order valence-electron chi connectivity index (χ4n) is 2.71. The lowest BCUT2D eigenvalue weighted by molar-refractivity contribution is 0.0520. The number of ether oxygens (including phenoxy) is 1. The van der Waals surface area contributed by atoms with Gasteiger partial charge in [0.05, 0.1) is 16.7 Å². The summed E-state index contributed by atoms with van der Waals surface area (Å²) >= 11 is 12.0. The first kappa shape index (κ1) is 17.1. The molecule has 1 aliphatic rings. The van der Waals surface area contributed by atoms with E-state index in [1.54, 1.807) is 25.1 Å². The zero-order valence-corrected chi connectivity index (χ0v) is 14.9. The van der Waals surface area contributed by atoms with E-state index < -0.39 is 5.97 Å². The van der Waals surface area contributed by atoms with Crippen molar-refractivity contribution in [2.45, 2.75) is 26.2 Å². The Morgan fingerprint density at radius 2 is 2.00 bits per heavy atom. The largest absolute Gasteiger partial charge is 0.461 e. The van der Waals surface area contributed by atoms with Gasteiger partial charge in [-0.1, -0.05) is 23.2 Å². The van der Waals surface area contributed by atoms with Crippen LogP contribution in [-0.4, -0.2) is 30.6 Å². The van der Waals surface area contributed by atoms with Gasteiger partial charge >= 0.3 is 5.97 Å². The third kappa shape index (κ3) is 3.52. The van der Waals surface area contributed by atoms with Crippen molar-refractivity contribution in [2.75, 3.05) is 24.6 Å². The third-order valence-corrected chi connectivity index (χ3v) is 4.63. The Kier molecular flexibility index (Phi) is 5.31. The Hall–Kier alpha value is -1.72. The summed E-state index contributed by atoms with van der Waals surface area (Å²) in [5.74, 6) is 0.319. The van der Waals surface area contributed by atoms with Crippen molar-refractivity contribution in [1.29, 1.82) is 0 Å². The molecule has 0 amide bonds. The van der Waals surface area contributed by atoms with Crippen molar-refractivity contribution in [1.82, 2.24) is 4.98 Å². The van der Waals surface area contributed by atoms with Gasteiger partial charge in [0.15, 0.2) is 0 Å². The Morgan fingerprint density at radius 1 is 1.25 bits per heavy atom. The average Bonchev–Trinajstić information content (AvgIpc) is 3.04. The van der Waals surface area contributed by atoms with Crippen molar-refractivity contribution in [2.24, 2.45) is 0 Å². The molecule has 0 saturated carbocycles. The van der Waals surface area contributed by atoms with E-state index in [-0.39, 0.29) is 12.3 Å². The lowest BCUT2D eigenvalue weighted by Crippen LogP contribution is -2.30. The number of carbonyl (C=O) groups is 1. The maximum absolute atomic E-state index is 12.3. The van der Waals surface area contributed by atoms with E-state index >= 15 is 0 Å². The van der Waals surface area contributed by atoms with Gasteiger partial charge < -0.3 is 14.1 Å². The predicted molar refractivity (Wildman–Crippen MR) is 94.0 cm³/mol. The van der Waals surface area contributed by atoms with Crippen LogP contribution in [0, 0.1) is 0 Å². The molecule has 0 unspecified atom stereocenters. The molecule has 0 aliphatic carbocycles. The highest BCUT2D eigenvalue weighted by atomic mass is 35.5. The minimum absolute atomic E-state index is 0.208. The van der Waals surface area contributed by atoms with Crippen LogP contribution in [0.15, 0.2) is 22.6 Å². The molecule has 2 heterocycles. The molecule has 1 aromatic carbocycles. The van der Waals surface area contributed by atoms with Crippen molar-refractivity contribution in [3.05, 3.63) is 33.9 Å². The molecule has 7 heteroatoms. The summed E-state index contributed by atoms with van der Waals surface area (Å²) in [6.07, 6.45) is 3.30. The van der Waals surface area contributed by atoms with E-state index in [4.69, 9.17) is 32.4 Å². The van der Waals surface area contributed by atoms with Crippen molar-refractivity contribution in [3.63, 3.8) is 0 Å². The SMILES string of the molecule is CCOC(=O)c1nc(-c2ccc(Cl)c(Cl)c2)oc1N1CCCCC1. The van der Waals surface area contributed by atoms with E-state index in [2.05, 4.69) is 4.98 Å². The predicted octanol–water partition coefficient (Wildman–Crippen LogP) is 4.82. The molecule has 24 heavy (non-hydrogen) atoms. The van der Waals surface area contributed by atoms with Gasteiger partial charge in [0, 0.05) is 18.7 Å². The first-order valence-corrected chi connectivity index (χ1v) is 8.74. The Labute approximate surface area is 150 Å². The van der Waals surface area contributed by atoms with E-state index in [0.717, 1.165) is 25.9 Å². The molecular formula is C17H18Cl2N2O3. The van der Waals surface area contributed by atoms with Crippen molar-refractivity contribution >= 4 is 35.1 Å². The topological polar surface area (TPSA) is 55.6 Å². The average molecular weight is 369 g/mol. The summed E-state index contributed by atoms with van der Waals surface area (Å²) in [6, 6.07) is 5.10. The molecule has 128 valence electrons. The zero-order valence-electron chi connectivity index (χ0n) is 13.3. The second-order valence-electron chi connectivity index (χ2n) is 5.57. The molecule has 5 nitrogen and oxygen atoms in total. The van der Waals surface area contributed by atoms with Crippen LogP contribution in [0.2, 0.25) is 10.0 Å². The molecule has 3 rings (SSSR count). The number of anilines is 1. The number of aromatic nitrogens is 1. The molecule has 1 aliphatic heterocycles. The number of esters is 1. The maximum Gasteiger partial charge on any atom is 0.362 e. The van der Waals surface area contributed by atoms with Crippen LogP contribution < -0.4 is 4.90 Å². The normalized spacial score (nSPS) is 14.7. The van der Waals surface area contributed by atoms with Gasteiger partial charge in [-0.15, -0.1) is 0 Å². The molecule has 1 aromatic heterocycles. The highest BCUT2D eigenvalue weighted by molar-refractivity contribution is 6.42. The van der Waals surface area contributed by atoms with Gasteiger partial charge in [-0.3, -0.25) is 0 Å². The standard InChI is InChI=1S/C17H18Cl2N2O3/c1-2-23-17(22)14-16(21-8-4-3-5-9-21)24-15(20-14)11-6-7-12(18)13(19)10-11/h6-7,10H,2-5,8-9H2,1H3. The van der Waals surface area contributed by atoms with Crippen molar-refractivity contribution < 1.29 is 13.9 Å². The summed E-state index contributed by atoms with van der Waals surface area (Å²) in [4.78, 5) is 18.7. The van der Waals surface area contributed by atoms with Crippen LogP contribution >= 0.6 is 23.2 Å². The molecular weight excluding hydrogens is 351 g/mol. The summed E-state index contributed by atoms with van der Waals surface area (Å²) in [5.41, 5.74) is 0.873. The second kappa shape index (κ2) is 7.45. The molecule has 1 fully saturated rings. The first-order chi connectivity index (χ1) is 11.6. The van der Waals surface area contributed by atoms with Crippen LogP contribution in [0.5, 0.6) is 0 Å². The van der Waals surface area contributed by atoms with E-state index in [1.165, 1.54) is 6.42 Å². The number of piperidine rings is 1. The summed E-state index contributed by atoms with van der Waals surface area (Å²) in [6.45, 7) is 3.72. The number of nitrogens with zero attached hydrogens (tertiary/aromatic N) is 2. The lowest BCUT2D eigenvalue weighted by atomic mass is 10.1. The summed E-state index contributed by atoms with van der Waals surface area (Å²) in [5, 5.41) is 0.860. The lowest BCUT2D eigenvalue weighted by Gasteiger charge is -2.26. The van der Waals surface area contributed by atoms with E-state index in [9.17, 15) is 4.79 Å². The van der Waals surface area contributed by atoms with Crippen molar-refractivity contribution in [3.8, 4) is 11.5 Å². The number of rotatable bonds is 4. The monoisotopic (exact) mass is 368 g/mol. The minimum Gasteiger partial charge on any atom is -0.461 e. The third-order valence-electron chi connectivity index (χ3n) is 3.89. The maximum atomic E-state index is 12.3. The zero-order chi connectivity index (χ0) is 17.1. The molecule has 0 bridgehead atoms. The van der Waals surface area contributed by atoms with Gasteiger partial charge in [-0.05, 0) is 44.4 Å². The van der Waals surface area contributed by atoms with E-state index in [0.29, 0.717) is 27.4 Å². The first-order valence-electron chi connectivity index (χ1n) is 7.98. The fourth-order valence-corrected chi connectivity index (χ4v) is 3.01.